The van der Waals surface area contributed by atoms with Gasteiger partial charge in [-0.05, 0) is 91.7 Å². The predicted octanol–water partition coefficient (Wildman–Crippen LogP) is 5.74. The van der Waals surface area contributed by atoms with Gasteiger partial charge in [0.15, 0.2) is 0 Å². The van der Waals surface area contributed by atoms with Crippen LogP contribution in [-0.4, -0.2) is 53.4 Å². The van der Waals surface area contributed by atoms with Gasteiger partial charge in [0, 0.05) is 25.9 Å². The molecular weight excluding hydrogens is 420 g/mol. The first-order valence-corrected chi connectivity index (χ1v) is 13.1. The fourth-order valence-corrected chi connectivity index (χ4v) is 7.74. The lowest BCUT2D eigenvalue weighted by molar-refractivity contribution is 0.0796. The Morgan fingerprint density at radius 2 is 2.00 bits per heavy atom. The summed E-state index contributed by atoms with van der Waals surface area (Å²) >= 11 is 0. The number of aliphatic hydroxyl groups excluding tert-OH is 2. The number of hydrogen-bond donors (Lipinski definition) is 2. The molecule has 4 aliphatic rings. The van der Waals surface area contributed by atoms with E-state index >= 15 is 0 Å². The van der Waals surface area contributed by atoms with Crippen LogP contribution in [0.1, 0.15) is 71.6 Å². The molecule has 3 nitrogen and oxygen atoms in total. The zero-order chi connectivity index (χ0) is 23.8. The molecule has 5 heteroatoms. The van der Waals surface area contributed by atoms with Crippen molar-refractivity contribution in [2.45, 2.75) is 90.3 Å². The minimum atomic E-state index is -2.18. The molecule has 4 fully saturated rings. The van der Waals surface area contributed by atoms with E-state index < -0.39 is 18.6 Å². The molecule has 0 unspecified atom stereocenters. The van der Waals surface area contributed by atoms with Crippen LogP contribution in [0.3, 0.4) is 0 Å². The summed E-state index contributed by atoms with van der Waals surface area (Å²) in [6.45, 7) is 11.8. The Bertz CT molecular complexity index is 778. The van der Waals surface area contributed by atoms with Gasteiger partial charge in [-0.1, -0.05) is 38.2 Å². The van der Waals surface area contributed by atoms with E-state index in [0.717, 1.165) is 43.6 Å². The van der Waals surface area contributed by atoms with Crippen molar-refractivity contribution in [1.82, 2.24) is 4.90 Å². The molecule has 3 aliphatic carbocycles. The summed E-state index contributed by atoms with van der Waals surface area (Å²) < 4.78 is 25.6. The molecule has 0 radical (unpaired) electrons. The zero-order valence-electron chi connectivity index (χ0n) is 20.5. The highest BCUT2D eigenvalue weighted by molar-refractivity contribution is 5.38. The van der Waals surface area contributed by atoms with Crippen molar-refractivity contribution in [3.63, 3.8) is 0 Å². The summed E-state index contributed by atoms with van der Waals surface area (Å²) in [4.78, 5) is 2.43. The van der Waals surface area contributed by atoms with E-state index in [4.69, 9.17) is 0 Å². The van der Waals surface area contributed by atoms with Crippen LogP contribution in [0.5, 0.6) is 0 Å². The van der Waals surface area contributed by atoms with E-state index in [1.54, 1.807) is 0 Å². The van der Waals surface area contributed by atoms with Crippen LogP contribution in [0.4, 0.5) is 8.78 Å². The number of fused-ring (bicyclic) bond motifs is 1. The van der Waals surface area contributed by atoms with Gasteiger partial charge in [0.1, 0.15) is 0 Å². The Morgan fingerprint density at radius 3 is 2.76 bits per heavy atom. The summed E-state index contributed by atoms with van der Waals surface area (Å²) in [6, 6.07) is 0. The molecule has 3 saturated carbocycles. The molecule has 1 saturated heterocycles. The lowest BCUT2D eigenvalue weighted by atomic mass is 9.61. The molecule has 33 heavy (non-hydrogen) atoms. The Balaban J connectivity index is 1.42. The lowest BCUT2D eigenvalue weighted by Crippen LogP contribution is -2.39. The number of halogens is 2. The summed E-state index contributed by atoms with van der Waals surface area (Å²) in [5, 5.41) is 20.2. The van der Waals surface area contributed by atoms with E-state index in [2.05, 4.69) is 37.5 Å². The number of aliphatic hydroxyl groups is 2. The van der Waals surface area contributed by atoms with Gasteiger partial charge in [0.2, 0.25) is 6.43 Å². The molecule has 0 spiro atoms. The van der Waals surface area contributed by atoms with Gasteiger partial charge >= 0.3 is 0 Å². The lowest BCUT2D eigenvalue weighted by Gasteiger charge is -2.45. The fourth-order valence-electron chi connectivity index (χ4n) is 7.74. The van der Waals surface area contributed by atoms with E-state index in [1.807, 2.05) is 0 Å². The van der Waals surface area contributed by atoms with Crippen LogP contribution in [-0.2, 0) is 0 Å². The smallest absolute Gasteiger partial charge is 0.238 e. The highest BCUT2D eigenvalue weighted by atomic mass is 19.3. The molecular formula is C28H43F2NO2. The highest BCUT2D eigenvalue weighted by Crippen LogP contribution is 2.59. The van der Waals surface area contributed by atoms with Crippen molar-refractivity contribution >= 4 is 0 Å². The van der Waals surface area contributed by atoms with E-state index in [1.165, 1.54) is 31.3 Å². The second-order valence-corrected chi connectivity index (χ2v) is 11.7. The number of alkyl halides is 2. The van der Waals surface area contributed by atoms with Crippen molar-refractivity contribution < 1.29 is 19.0 Å². The molecule has 4 rings (SSSR count). The molecule has 2 N–H and O–H groups in total. The average molecular weight is 464 g/mol. The van der Waals surface area contributed by atoms with Crippen LogP contribution >= 0.6 is 0 Å². The minimum Gasteiger partial charge on any atom is -0.393 e. The molecule has 7 atom stereocenters. The van der Waals surface area contributed by atoms with Crippen LogP contribution in [0.2, 0.25) is 0 Å². The van der Waals surface area contributed by atoms with Gasteiger partial charge in [0.05, 0.1) is 12.2 Å². The van der Waals surface area contributed by atoms with Crippen molar-refractivity contribution in [2.75, 3.05) is 19.6 Å². The van der Waals surface area contributed by atoms with Gasteiger partial charge in [-0.25, -0.2) is 8.78 Å². The number of nitrogens with zero attached hydrogens (tertiary/aromatic N) is 1. The van der Waals surface area contributed by atoms with Crippen molar-refractivity contribution in [3.05, 3.63) is 35.5 Å². The van der Waals surface area contributed by atoms with Gasteiger partial charge in [0.25, 0.3) is 0 Å². The standard InChI is InChI=1S/C28H43F2NO2/c1-18(16-31-12-10-20(17-31)13-27(29)30)24-8-9-25-21(5-4-11-28(24,25)3)6-7-22-14-23(32)15-26(33)19(22)2/h6-7,18,20,23-27,32-33H,2,4-5,8-17H2,1,3H3/b21-6+,22-7-/t18-,20-,23-,24-,25+,26+,28-/m1/s1. The van der Waals surface area contributed by atoms with Crippen LogP contribution in [0, 0.1) is 29.1 Å². The number of hydrogen-bond acceptors (Lipinski definition) is 3. The Kier molecular flexibility index (Phi) is 7.82. The van der Waals surface area contributed by atoms with Gasteiger partial charge in [-0.2, -0.15) is 0 Å². The van der Waals surface area contributed by atoms with Crippen LogP contribution < -0.4 is 0 Å². The molecule has 0 aromatic heterocycles. The maximum absolute atomic E-state index is 12.8. The SMILES string of the molecule is C=C1/C(=C\C=C2/CCC[C@]3(C)[C@@H]([C@H](C)CN4CC[C@H](CC(F)F)C4)CC[C@@H]23)C[C@@H](O)C[C@@H]1O. The Labute approximate surface area is 198 Å². The predicted molar refractivity (Wildman–Crippen MR) is 129 cm³/mol. The van der Waals surface area contributed by atoms with Crippen molar-refractivity contribution in [1.29, 1.82) is 0 Å². The molecule has 0 amide bonds. The quantitative estimate of drug-likeness (QED) is 0.528. The monoisotopic (exact) mass is 463 g/mol. The first kappa shape index (κ1) is 25.1. The van der Waals surface area contributed by atoms with Crippen molar-refractivity contribution in [2.24, 2.45) is 29.1 Å². The molecule has 0 bridgehead atoms. The van der Waals surface area contributed by atoms with Gasteiger partial charge in [-0.3, -0.25) is 0 Å². The third-order valence-electron chi connectivity index (χ3n) is 9.42. The molecule has 1 aliphatic heterocycles. The van der Waals surface area contributed by atoms with Gasteiger partial charge in [-0.15, -0.1) is 0 Å². The number of likely N-dealkylation sites (tertiary alicyclic amines) is 1. The molecule has 1 heterocycles. The first-order valence-electron chi connectivity index (χ1n) is 13.1. The second kappa shape index (κ2) is 10.3. The Hall–Kier alpha value is -1.04. The molecule has 186 valence electrons. The first-order chi connectivity index (χ1) is 15.7. The van der Waals surface area contributed by atoms with Crippen LogP contribution in [0.15, 0.2) is 35.5 Å². The number of rotatable bonds is 6. The van der Waals surface area contributed by atoms with E-state index in [9.17, 15) is 19.0 Å². The summed E-state index contributed by atoms with van der Waals surface area (Å²) in [6.07, 6.45) is 9.06. The minimum absolute atomic E-state index is 0.0538. The zero-order valence-corrected chi connectivity index (χ0v) is 20.5. The average Bonchev–Trinajstić information content (AvgIpc) is 3.32. The normalized spacial score (nSPS) is 41.3. The second-order valence-electron chi connectivity index (χ2n) is 11.7. The molecule has 0 aromatic rings. The Morgan fingerprint density at radius 1 is 1.21 bits per heavy atom. The fraction of sp³-hybridized carbons (Fsp3) is 0.786. The van der Waals surface area contributed by atoms with Crippen molar-refractivity contribution in [3.8, 4) is 0 Å². The summed E-state index contributed by atoms with van der Waals surface area (Å²) in [5.74, 6) is 1.99. The topological polar surface area (TPSA) is 43.7 Å². The van der Waals surface area contributed by atoms with E-state index in [-0.39, 0.29) is 12.3 Å². The maximum Gasteiger partial charge on any atom is 0.238 e. The van der Waals surface area contributed by atoms with E-state index in [0.29, 0.717) is 36.0 Å². The summed E-state index contributed by atoms with van der Waals surface area (Å²) in [7, 11) is 0. The largest absolute Gasteiger partial charge is 0.393 e. The summed E-state index contributed by atoms with van der Waals surface area (Å²) in [5.41, 5.74) is 3.55. The number of allylic oxidation sites excluding steroid dienone is 3. The third-order valence-corrected chi connectivity index (χ3v) is 9.42. The third kappa shape index (κ3) is 5.46. The van der Waals surface area contributed by atoms with Gasteiger partial charge < -0.3 is 15.1 Å². The highest BCUT2D eigenvalue weighted by Gasteiger charge is 2.50. The molecule has 0 aromatic carbocycles. The van der Waals surface area contributed by atoms with Crippen LogP contribution in [0.25, 0.3) is 0 Å². The maximum atomic E-state index is 12.8.